The van der Waals surface area contributed by atoms with Gasteiger partial charge in [-0.3, -0.25) is 0 Å². The molecule has 18 heavy (non-hydrogen) atoms. The van der Waals surface area contributed by atoms with Crippen molar-refractivity contribution in [3.63, 3.8) is 0 Å². The highest BCUT2D eigenvalue weighted by Crippen LogP contribution is 2.36. The second kappa shape index (κ2) is 4.80. The molecule has 1 unspecified atom stereocenters. The zero-order valence-corrected chi connectivity index (χ0v) is 12.2. The van der Waals surface area contributed by atoms with E-state index in [4.69, 9.17) is 39.5 Å². The normalized spacial score (nSPS) is 21.8. The van der Waals surface area contributed by atoms with Crippen molar-refractivity contribution >= 4 is 46.5 Å². The molecular weight excluding hydrogens is 296 g/mol. The first kappa shape index (κ1) is 13.8. The summed E-state index contributed by atoms with van der Waals surface area (Å²) in [4.78, 5) is 11.7. The van der Waals surface area contributed by atoms with E-state index in [9.17, 15) is 4.79 Å². The Morgan fingerprint density at radius 2 is 1.83 bits per heavy atom. The third-order valence-electron chi connectivity index (χ3n) is 2.68. The van der Waals surface area contributed by atoms with Gasteiger partial charge in [0.25, 0.3) is 0 Å². The van der Waals surface area contributed by atoms with E-state index in [0.29, 0.717) is 27.2 Å². The van der Waals surface area contributed by atoms with Crippen molar-refractivity contribution in [2.75, 3.05) is 5.32 Å². The van der Waals surface area contributed by atoms with E-state index >= 15 is 0 Å². The smallest absolute Gasteiger partial charge is 0.329 e. The van der Waals surface area contributed by atoms with Gasteiger partial charge in [-0.25, -0.2) is 4.79 Å². The van der Waals surface area contributed by atoms with Crippen LogP contribution >= 0.6 is 34.8 Å². The van der Waals surface area contributed by atoms with Crippen molar-refractivity contribution in [3.05, 3.63) is 27.2 Å². The molecular formula is C12H12Cl3NO2. The van der Waals surface area contributed by atoms with Crippen molar-refractivity contribution < 1.29 is 9.53 Å². The Balaban J connectivity index is 2.23. The summed E-state index contributed by atoms with van der Waals surface area (Å²) in [6.45, 7) is 3.72. The molecule has 0 aromatic heterocycles. The molecule has 6 heteroatoms. The molecule has 3 nitrogen and oxygen atoms in total. The lowest BCUT2D eigenvalue weighted by molar-refractivity contribution is -0.146. The van der Waals surface area contributed by atoms with Crippen LogP contribution < -0.4 is 5.32 Å². The average Bonchev–Trinajstić information content (AvgIpc) is 2.45. The van der Waals surface area contributed by atoms with Gasteiger partial charge in [-0.1, -0.05) is 34.8 Å². The Hall–Kier alpha value is -0.640. The highest BCUT2D eigenvalue weighted by atomic mass is 35.5. The van der Waals surface area contributed by atoms with Gasteiger partial charge in [-0.15, -0.1) is 0 Å². The van der Waals surface area contributed by atoms with Gasteiger partial charge in [0, 0.05) is 11.4 Å². The number of carbonyl (C=O) groups excluding carboxylic acids is 1. The summed E-state index contributed by atoms with van der Waals surface area (Å²) in [5.41, 5.74) is 0.0301. The lowest BCUT2D eigenvalue weighted by Gasteiger charge is -2.16. The Kier molecular flexibility index (Phi) is 3.67. The van der Waals surface area contributed by atoms with Gasteiger partial charge in [0.05, 0.1) is 15.7 Å². The fraction of sp³-hybridized carbons (Fsp3) is 0.417. The minimum Gasteiger partial charge on any atom is -0.458 e. The van der Waals surface area contributed by atoms with Gasteiger partial charge in [0.2, 0.25) is 0 Å². The molecule has 0 spiro atoms. The maximum atomic E-state index is 11.7. The molecule has 1 aliphatic rings. The number of benzene rings is 1. The Labute approximate surface area is 120 Å². The Bertz CT molecular complexity index is 479. The molecule has 0 bridgehead atoms. The molecule has 0 aliphatic carbocycles. The monoisotopic (exact) mass is 307 g/mol. The van der Waals surface area contributed by atoms with Crippen LogP contribution in [0.25, 0.3) is 0 Å². The van der Waals surface area contributed by atoms with Crippen LogP contribution in [0, 0.1) is 0 Å². The molecule has 1 fully saturated rings. The van der Waals surface area contributed by atoms with Gasteiger partial charge in [0.1, 0.15) is 11.6 Å². The summed E-state index contributed by atoms with van der Waals surface area (Å²) in [5, 5.41) is 4.22. The van der Waals surface area contributed by atoms with Crippen LogP contribution in [0.15, 0.2) is 12.1 Å². The lowest BCUT2D eigenvalue weighted by atomic mass is 10.0. The third-order valence-corrected chi connectivity index (χ3v) is 3.50. The molecule has 0 saturated carbocycles. The molecule has 2 rings (SSSR count). The number of nitrogens with one attached hydrogen (secondary N) is 1. The summed E-state index contributed by atoms with van der Waals surface area (Å²) in [7, 11) is 0. The second-order valence-electron chi connectivity index (χ2n) is 4.83. The van der Waals surface area contributed by atoms with Crippen LogP contribution in [0.2, 0.25) is 15.1 Å². The summed E-state index contributed by atoms with van der Waals surface area (Å²) in [6.07, 6.45) is 0.557. The minimum absolute atomic E-state index is 0.304. The Morgan fingerprint density at radius 3 is 2.28 bits per heavy atom. The summed E-state index contributed by atoms with van der Waals surface area (Å²) in [6, 6.07) is 2.70. The van der Waals surface area contributed by atoms with Gasteiger partial charge in [-0.2, -0.15) is 0 Å². The molecule has 1 atom stereocenters. The molecule has 1 aliphatic heterocycles. The molecule has 0 amide bonds. The number of carbonyl (C=O) groups is 1. The predicted octanol–water partition coefficient (Wildman–Crippen LogP) is 4.15. The number of ether oxygens (including phenoxy) is 1. The van der Waals surface area contributed by atoms with Crippen molar-refractivity contribution in [2.24, 2.45) is 0 Å². The number of hydrogen-bond acceptors (Lipinski definition) is 3. The van der Waals surface area contributed by atoms with Crippen molar-refractivity contribution in [3.8, 4) is 0 Å². The number of cyclic esters (lactones) is 1. The highest BCUT2D eigenvalue weighted by Gasteiger charge is 2.40. The van der Waals surface area contributed by atoms with Crippen LogP contribution in [-0.2, 0) is 9.53 Å². The van der Waals surface area contributed by atoms with Gasteiger partial charge in [-0.05, 0) is 26.0 Å². The van der Waals surface area contributed by atoms with E-state index in [-0.39, 0.29) is 5.97 Å². The van der Waals surface area contributed by atoms with E-state index in [1.165, 1.54) is 0 Å². The Morgan fingerprint density at radius 1 is 1.28 bits per heavy atom. The van der Waals surface area contributed by atoms with Crippen LogP contribution in [0.5, 0.6) is 0 Å². The van der Waals surface area contributed by atoms with E-state index in [1.54, 1.807) is 12.1 Å². The average molecular weight is 309 g/mol. The van der Waals surface area contributed by atoms with Crippen LogP contribution in [0.4, 0.5) is 5.69 Å². The van der Waals surface area contributed by atoms with E-state index in [2.05, 4.69) is 5.32 Å². The third kappa shape index (κ3) is 2.85. The summed E-state index contributed by atoms with van der Waals surface area (Å²) in [5.74, 6) is -0.304. The molecule has 0 radical (unpaired) electrons. The summed E-state index contributed by atoms with van der Waals surface area (Å²) >= 11 is 17.9. The highest BCUT2D eigenvalue weighted by molar-refractivity contribution is 6.41. The maximum Gasteiger partial charge on any atom is 0.329 e. The fourth-order valence-electron chi connectivity index (χ4n) is 1.92. The maximum absolute atomic E-state index is 11.7. The predicted molar refractivity (Wildman–Crippen MR) is 73.7 cm³/mol. The molecule has 1 saturated heterocycles. The van der Waals surface area contributed by atoms with Crippen LogP contribution in [-0.4, -0.2) is 17.6 Å². The van der Waals surface area contributed by atoms with Crippen molar-refractivity contribution in [1.82, 2.24) is 0 Å². The topological polar surface area (TPSA) is 38.3 Å². The SMILES string of the molecule is CC1(C)CC(Nc2c(Cl)cc(Cl)cc2Cl)C(=O)O1. The zero-order valence-electron chi connectivity index (χ0n) is 9.89. The zero-order chi connectivity index (χ0) is 13.5. The number of esters is 1. The summed E-state index contributed by atoms with van der Waals surface area (Å²) < 4.78 is 5.22. The van der Waals surface area contributed by atoms with Crippen LogP contribution in [0.3, 0.4) is 0 Å². The molecule has 1 N–H and O–H groups in total. The number of anilines is 1. The molecule has 1 aromatic carbocycles. The largest absolute Gasteiger partial charge is 0.458 e. The standard InChI is InChI=1S/C12H12Cl3NO2/c1-12(2)5-9(11(17)18-12)16-10-7(14)3-6(13)4-8(10)15/h3-4,9,16H,5H2,1-2H3. The van der Waals surface area contributed by atoms with Crippen LogP contribution in [0.1, 0.15) is 20.3 Å². The first-order chi connectivity index (χ1) is 8.28. The lowest BCUT2D eigenvalue weighted by Crippen LogP contribution is -2.25. The molecule has 98 valence electrons. The number of halogens is 3. The van der Waals surface area contributed by atoms with Gasteiger partial charge in [0.15, 0.2) is 0 Å². The first-order valence-electron chi connectivity index (χ1n) is 5.42. The van der Waals surface area contributed by atoms with E-state index in [1.807, 2.05) is 13.8 Å². The van der Waals surface area contributed by atoms with Crippen molar-refractivity contribution in [2.45, 2.75) is 31.9 Å². The minimum atomic E-state index is -0.472. The van der Waals surface area contributed by atoms with E-state index in [0.717, 1.165) is 0 Å². The van der Waals surface area contributed by atoms with Gasteiger partial charge < -0.3 is 10.1 Å². The molecule has 1 aromatic rings. The number of rotatable bonds is 2. The fourth-order valence-corrected chi connectivity index (χ4v) is 2.85. The number of hydrogen-bond donors (Lipinski definition) is 1. The second-order valence-corrected chi connectivity index (χ2v) is 6.08. The first-order valence-corrected chi connectivity index (χ1v) is 6.56. The molecule has 1 heterocycles. The quantitative estimate of drug-likeness (QED) is 0.834. The van der Waals surface area contributed by atoms with Crippen molar-refractivity contribution in [1.29, 1.82) is 0 Å². The van der Waals surface area contributed by atoms with Gasteiger partial charge >= 0.3 is 5.97 Å². The van der Waals surface area contributed by atoms with E-state index < -0.39 is 11.6 Å².